The van der Waals surface area contributed by atoms with E-state index in [0.717, 1.165) is 38.8 Å². The van der Waals surface area contributed by atoms with Crippen LogP contribution in [0.15, 0.2) is 30.3 Å². The molecule has 1 amide bonds. The fourth-order valence-electron chi connectivity index (χ4n) is 2.91. The zero-order valence-corrected chi connectivity index (χ0v) is 12.8. The van der Waals surface area contributed by atoms with Gasteiger partial charge in [-0.15, -0.1) is 0 Å². The Balaban J connectivity index is 1.60. The second kappa shape index (κ2) is 8.15. The van der Waals surface area contributed by atoms with Crippen molar-refractivity contribution in [1.82, 2.24) is 10.2 Å². The van der Waals surface area contributed by atoms with Crippen molar-refractivity contribution in [2.24, 2.45) is 5.92 Å². The molecule has 1 aliphatic carbocycles. The summed E-state index contributed by atoms with van der Waals surface area (Å²) in [5.74, 6) is -0.169. The van der Waals surface area contributed by atoms with Crippen LogP contribution in [0.2, 0.25) is 0 Å². The summed E-state index contributed by atoms with van der Waals surface area (Å²) in [4.78, 5) is 14.2. The summed E-state index contributed by atoms with van der Waals surface area (Å²) < 4.78 is 0. The average molecular weight is 290 g/mol. The monoisotopic (exact) mass is 290 g/mol. The Morgan fingerprint density at radius 2 is 2.10 bits per heavy atom. The first-order valence-corrected chi connectivity index (χ1v) is 7.85. The zero-order valence-electron chi connectivity index (χ0n) is 12.8. The average Bonchev–Trinajstić information content (AvgIpc) is 2.91. The third kappa shape index (κ3) is 5.14. The molecule has 1 aromatic carbocycles. The molecule has 1 aliphatic rings. The van der Waals surface area contributed by atoms with Crippen molar-refractivity contribution >= 4 is 5.91 Å². The molecule has 1 aromatic rings. The number of amides is 1. The SMILES string of the molecule is CN(CCCNC(=O)C1CCCC1O)Cc1ccccc1. The summed E-state index contributed by atoms with van der Waals surface area (Å²) in [5.41, 5.74) is 1.30. The summed E-state index contributed by atoms with van der Waals surface area (Å²) in [5, 5.41) is 12.6. The summed E-state index contributed by atoms with van der Waals surface area (Å²) in [6, 6.07) is 10.4. The van der Waals surface area contributed by atoms with Crippen LogP contribution in [-0.2, 0) is 11.3 Å². The zero-order chi connectivity index (χ0) is 15.1. The van der Waals surface area contributed by atoms with Gasteiger partial charge in [0.2, 0.25) is 5.91 Å². The van der Waals surface area contributed by atoms with Gasteiger partial charge in [-0.1, -0.05) is 30.3 Å². The fraction of sp³-hybridized carbons (Fsp3) is 0.588. The van der Waals surface area contributed by atoms with Crippen LogP contribution in [0.4, 0.5) is 0 Å². The van der Waals surface area contributed by atoms with Gasteiger partial charge in [-0.2, -0.15) is 0 Å². The molecule has 0 spiro atoms. The van der Waals surface area contributed by atoms with Gasteiger partial charge in [0.15, 0.2) is 0 Å². The van der Waals surface area contributed by atoms with Crippen molar-refractivity contribution in [3.8, 4) is 0 Å². The van der Waals surface area contributed by atoms with Gasteiger partial charge in [0.05, 0.1) is 12.0 Å². The van der Waals surface area contributed by atoms with E-state index in [1.807, 2.05) is 6.07 Å². The number of benzene rings is 1. The number of nitrogens with zero attached hydrogens (tertiary/aromatic N) is 1. The summed E-state index contributed by atoms with van der Waals surface area (Å²) >= 11 is 0. The highest BCUT2D eigenvalue weighted by molar-refractivity contribution is 5.79. The minimum absolute atomic E-state index is 0.0192. The van der Waals surface area contributed by atoms with E-state index in [4.69, 9.17) is 0 Å². The smallest absolute Gasteiger partial charge is 0.225 e. The molecule has 0 aromatic heterocycles. The second-order valence-corrected chi connectivity index (χ2v) is 5.97. The molecule has 0 heterocycles. The van der Waals surface area contributed by atoms with E-state index in [9.17, 15) is 9.90 Å². The molecule has 2 atom stereocenters. The highest BCUT2D eigenvalue weighted by Crippen LogP contribution is 2.25. The van der Waals surface area contributed by atoms with Crippen LogP contribution in [-0.4, -0.2) is 42.2 Å². The predicted molar refractivity (Wildman–Crippen MR) is 83.8 cm³/mol. The molecule has 4 heteroatoms. The first kappa shape index (κ1) is 16.0. The van der Waals surface area contributed by atoms with Gasteiger partial charge in [0.1, 0.15) is 0 Å². The molecule has 0 bridgehead atoms. The Morgan fingerprint density at radius 1 is 1.33 bits per heavy atom. The van der Waals surface area contributed by atoms with Crippen LogP contribution in [0.3, 0.4) is 0 Å². The summed E-state index contributed by atoms with van der Waals surface area (Å²) in [6.45, 7) is 2.56. The van der Waals surface area contributed by atoms with E-state index in [1.54, 1.807) is 0 Å². The van der Waals surface area contributed by atoms with Crippen LogP contribution < -0.4 is 5.32 Å². The van der Waals surface area contributed by atoms with E-state index in [-0.39, 0.29) is 11.8 Å². The third-order valence-corrected chi connectivity index (χ3v) is 4.13. The van der Waals surface area contributed by atoms with Crippen molar-refractivity contribution in [1.29, 1.82) is 0 Å². The number of rotatable bonds is 7. The highest BCUT2D eigenvalue weighted by atomic mass is 16.3. The lowest BCUT2D eigenvalue weighted by molar-refractivity contribution is -0.127. The standard InChI is InChI=1S/C17H26N2O2/c1-19(13-14-7-3-2-4-8-14)12-6-11-18-17(21)15-9-5-10-16(15)20/h2-4,7-8,15-16,20H,5-6,9-13H2,1H3,(H,18,21). The summed E-state index contributed by atoms with van der Waals surface area (Å²) in [7, 11) is 2.09. The Morgan fingerprint density at radius 3 is 2.76 bits per heavy atom. The maximum absolute atomic E-state index is 11.9. The van der Waals surface area contributed by atoms with E-state index >= 15 is 0 Å². The van der Waals surface area contributed by atoms with Crippen LogP contribution in [0.1, 0.15) is 31.2 Å². The quantitative estimate of drug-likeness (QED) is 0.753. The van der Waals surface area contributed by atoms with Crippen molar-refractivity contribution in [3.05, 3.63) is 35.9 Å². The topological polar surface area (TPSA) is 52.6 Å². The minimum atomic E-state index is -0.439. The number of aliphatic hydroxyl groups is 1. The molecule has 0 aliphatic heterocycles. The molecule has 2 rings (SSSR count). The third-order valence-electron chi connectivity index (χ3n) is 4.13. The lowest BCUT2D eigenvalue weighted by Crippen LogP contribution is -2.36. The van der Waals surface area contributed by atoms with Gasteiger partial charge < -0.3 is 15.3 Å². The molecule has 0 saturated heterocycles. The van der Waals surface area contributed by atoms with Gasteiger partial charge in [-0.05, 0) is 44.8 Å². The second-order valence-electron chi connectivity index (χ2n) is 5.97. The highest BCUT2D eigenvalue weighted by Gasteiger charge is 2.30. The van der Waals surface area contributed by atoms with E-state index in [1.165, 1.54) is 5.56 Å². The van der Waals surface area contributed by atoms with Crippen molar-refractivity contribution in [2.75, 3.05) is 20.1 Å². The normalized spacial score (nSPS) is 21.7. The van der Waals surface area contributed by atoms with Crippen LogP contribution >= 0.6 is 0 Å². The molecule has 116 valence electrons. The largest absolute Gasteiger partial charge is 0.392 e. The Bertz CT molecular complexity index is 436. The molecule has 2 N–H and O–H groups in total. The summed E-state index contributed by atoms with van der Waals surface area (Å²) in [6.07, 6.45) is 3.03. The fourth-order valence-corrected chi connectivity index (χ4v) is 2.91. The van der Waals surface area contributed by atoms with Gasteiger partial charge in [0, 0.05) is 13.1 Å². The number of nitrogens with one attached hydrogen (secondary N) is 1. The lowest BCUT2D eigenvalue weighted by atomic mass is 10.1. The molecule has 2 unspecified atom stereocenters. The first-order chi connectivity index (χ1) is 10.2. The Kier molecular flexibility index (Phi) is 6.21. The van der Waals surface area contributed by atoms with Crippen molar-refractivity contribution in [3.63, 3.8) is 0 Å². The van der Waals surface area contributed by atoms with Crippen LogP contribution in [0, 0.1) is 5.92 Å². The molecular formula is C17H26N2O2. The number of carbonyl (C=O) groups is 1. The van der Waals surface area contributed by atoms with E-state index in [2.05, 4.69) is 41.5 Å². The van der Waals surface area contributed by atoms with E-state index < -0.39 is 6.10 Å². The predicted octanol–water partition coefficient (Wildman–Crippen LogP) is 1.79. The van der Waals surface area contributed by atoms with Gasteiger partial charge >= 0.3 is 0 Å². The maximum Gasteiger partial charge on any atom is 0.225 e. The van der Waals surface area contributed by atoms with Gasteiger partial charge in [0.25, 0.3) is 0 Å². The molecule has 21 heavy (non-hydrogen) atoms. The minimum Gasteiger partial charge on any atom is -0.392 e. The van der Waals surface area contributed by atoms with Gasteiger partial charge in [-0.25, -0.2) is 0 Å². The molecule has 4 nitrogen and oxygen atoms in total. The number of aliphatic hydroxyl groups excluding tert-OH is 1. The Labute approximate surface area is 127 Å². The molecular weight excluding hydrogens is 264 g/mol. The number of hydrogen-bond donors (Lipinski definition) is 2. The number of hydrogen-bond acceptors (Lipinski definition) is 3. The van der Waals surface area contributed by atoms with Crippen molar-refractivity contribution < 1.29 is 9.90 Å². The Hall–Kier alpha value is -1.39. The van der Waals surface area contributed by atoms with E-state index in [0.29, 0.717) is 6.54 Å². The molecule has 0 radical (unpaired) electrons. The number of carbonyl (C=O) groups excluding carboxylic acids is 1. The van der Waals surface area contributed by atoms with Crippen LogP contribution in [0.5, 0.6) is 0 Å². The lowest BCUT2D eigenvalue weighted by Gasteiger charge is -2.18. The molecule has 1 saturated carbocycles. The van der Waals surface area contributed by atoms with Crippen LogP contribution in [0.25, 0.3) is 0 Å². The van der Waals surface area contributed by atoms with Crippen molar-refractivity contribution in [2.45, 2.75) is 38.3 Å². The maximum atomic E-state index is 11.9. The molecule has 1 fully saturated rings. The van der Waals surface area contributed by atoms with Gasteiger partial charge in [-0.3, -0.25) is 4.79 Å². The first-order valence-electron chi connectivity index (χ1n) is 7.85.